The molecular weight excluding hydrogens is 1040 g/mol. The van der Waals surface area contributed by atoms with Gasteiger partial charge in [-0.25, -0.2) is 0 Å². The molecule has 0 aromatic heterocycles. The highest BCUT2D eigenvalue weighted by Crippen LogP contribution is 2.50. The number of benzene rings is 11. The topological polar surface area (TPSA) is 6.48 Å². The SMILES string of the molecule is CC.CC.CCC(C)c1ccc(CN(c2ccc(C(C)(C)c3ccccc3)cc2)c2c3ccccc3c(N(c3ccc(C(C)(C)c4ccccc4)cc3)c3ccc(C(C)(C)c4ccccc4)cc3)c3ccccc23)cc1.CCC(C)c1ccccc1. The van der Waals surface area contributed by atoms with Gasteiger partial charge in [0.05, 0.1) is 11.4 Å². The van der Waals surface area contributed by atoms with E-state index in [-0.39, 0.29) is 16.2 Å². The maximum Gasteiger partial charge on any atom is 0.0619 e. The number of fused-ring (bicyclic) bond motifs is 2. The molecule has 0 radical (unpaired) electrons. The summed E-state index contributed by atoms with van der Waals surface area (Å²) in [7, 11) is 0. The van der Waals surface area contributed by atoms with Gasteiger partial charge >= 0.3 is 0 Å². The molecule has 11 aromatic carbocycles. The number of anilines is 5. The fraction of sp³-hybridized carbons (Fsp3) is 0.262. The smallest absolute Gasteiger partial charge is 0.0619 e. The third-order valence-corrected chi connectivity index (χ3v) is 17.9. The Labute approximate surface area is 518 Å². The van der Waals surface area contributed by atoms with Crippen LogP contribution in [-0.2, 0) is 22.8 Å². The molecule has 0 aliphatic rings. The second-order valence-corrected chi connectivity index (χ2v) is 24.1. The summed E-state index contributed by atoms with van der Waals surface area (Å²) in [5.41, 5.74) is 17.0. The van der Waals surface area contributed by atoms with Crippen LogP contribution in [0, 0.1) is 0 Å². The molecule has 0 N–H and O–H groups in total. The number of hydrogen-bond acceptors (Lipinski definition) is 2. The van der Waals surface area contributed by atoms with Gasteiger partial charge in [0.1, 0.15) is 0 Å². The first-order valence-electron chi connectivity index (χ1n) is 31.8. The highest BCUT2D eigenvalue weighted by molar-refractivity contribution is 6.22. The molecule has 2 unspecified atom stereocenters. The summed E-state index contributed by atoms with van der Waals surface area (Å²) in [6.45, 7) is 31.7. The summed E-state index contributed by atoms with van der Waals surface area (Å²) in [6, 6.07) is 98.7. The van der Waals surface area contributed by atoms with E-state index in [1.165, 1.54) is 83.7 Å². The summed E-state index contributed by atoms with van der Waals surface area (Å²) < 4.78 is 0. The Kier molecular flexibility index (Phi) is 21.5. The summed E-state index contributed by atoms with van der Waals surface area (Å²) in [5, 5.41) is 4.77. The lowest BCUT2D eigenvalue weighted by atomic mass is 9.78. The maximum absolute atomic E-state index is 2.57. The van der Waals surface area contributed by atoms with Gasteiger partial charge < -0.3 is 9.80 Å². The van der Waals surface area contributed by atoms with E-state index in [0.717, 1.165) is 29.2 Å². The molecule has 440 valence electrons. The molecule has 0 fully saturated rings. The average Bonchev–Trinajstić information content (AvgIpc) is 1.21. The normalized spacial score (nSPS) is 12.1. The Morgan fingerprint density at radius 1 is 0.291 bits per heavy atom. The van der Waals surface area contributed by atoms with Gasteiger partial charge in [-0.05, 0) is 111 Å². The minimum absolute atomic E-state index is 0.161. The van der Waals surface area contributed by atoms with Crippen molar-refractivity contribution >= 4 is 50.0 Å². The zero-order chi connectivity index (χ0) is 61.4. The zero-order valence-corrected chi connectivity index (χ0v) is 54.1. The van der Waals surface area contributed by atoms with Crippen LogP contribution in [0.1, 0.15) is 172 Å². The van der Waals surface area contributed by atoms with E-state index in [4.69, 9.17) is 0 Å². The van der Waals surface area contributed by atoms with Gasteiger partial charge in [0.2, 0.25) is 0 Å². The minimum atomic E-state index is -0.177. The van der Waals surface area contributed by atoms with E-state index in [1.807, 2.05) is 27.7 Å². The molecule has 11 rings (SSSR count). The quantitative estimate of drug-likeness (QED) is 0.0662. The average molecular weight is 1130 g/mol. The van der Waals surface area contributed by atoms with Crippen LogP contribution >= 0.6 is 0 Å². The highest BCUT2D eigenvalue weighted by Gasteiger charge is 2.29. The van der Waals surface area contributed by atoms with Crippen LogP contribution < -0.4 is 9.80 Å². The molecule has 2 heteroatoms. The first kappa shape index (κ1) is 63.6. The molecule has 2 atom stereocenters. The van der Waals surface area contributed by atoms with Crippen molar-refractivity contribution in [3.63, 3.8) is 0 Å². The molecule has 0 aliphatic heterocycles. The van der Waals surface area contributed by atoms with Gasteiger partial charge in [-0.3, -0.25) is 0 Å². The fourth-order valence-electron chi connectivity index (χ4n) is 11.9. The molecule has 11 aromatic rings. The Bertz CT molecular complexity index is 3650. The third kappa shape index (κ3) is 13.9. The molecule has 0 saturated carbocycles. The van der Waals surface area contributed by atoms with E-state index in [2.05, 4.69) is 346 Å². The molecule has 0 saturated heterocycles. The van der Waals surface area contributed by atoms with Gasteiger partial charge in [-0.2, -0.15) is 0 Å². The Balaban J connectivity index is 0.000000614. The summed E-state index contributed by atoms with van der Waals surface area (Å²) in [4.78, 5) is 5.07. The molecule has 2 nitrogen and oxygen atoms in total. The summed E-state index contributed by atoms with van der Waals surface area (Å²) in [6.07, 6.45) is 2.34. The van der Waals surface area contributed by atoms with Crippen molar-refractivity contribution in [3.05, 3.63) is 317 Å². The van der Waals surface area contributed by atoms with Crippen molar-refractivity contribution in [2.24, 2.45) is 0 Å². The largest absolute Gasteiger partial charge is 0.336 e. The number of rotatable bonds is 17. The van der Waals surface area contributed by atoms with Crippen LogP contribution in [0.15, 0.2) is 267 Å². The molecule has 86 heavy (non-hydrogen) atoms. The Hall–Kier alpha value is -8.46. The summed E-state index contributed by atoms with van der Waals surface area (Å²) >= 11 is 0. The zero-order valence-electron chi connectivity index (χ0n) is 54.1. The minimum Gasteiger partial charge on any atom is -0.336 e. The standard InChI is InChI=1S/C70H68N2.C10H14.2C2H6/c1-9-50(2)52-35-33-51(34-36-52)49-71(59-43-37-56(38-44-59)68(3,4)53-23-13-10-14-24-53)66-62-29-19-21-31-64(62)67(65-32-22-20-30-63(65)66)72(60-45-39-57(40-46-60)69(5,6)54-25-15-11-16-26-54)61-47-41-58(42-48-61)70(7,8)55-27-17-12-18-28-55;1-3-9(2)10-7-5-4-6-8-10;2*1-2/h10-48,50H,9,49H2,1-8H3;4-9H,3H2,1-2H3;2*1-2H3. The first-order chi connectivity index (χ1) is 41.7. The van der Waals surface area contributed by atoms with Crippen LogP contribution in [0.4, 0.5) is 28.4 Å². The van der Waals surface area contributed by atoms with Crippen LogP contribution in [0.5, 0.6) is 0 Å². The van der Waals surface area contributed by atoms with Gasteiger partial charge in [0, 0.05) is 61.4 Å². The molecule has 0 spiro atoms. The van der Waals surface area contributed by atoms with E-state index < -0.39 is 0 Å². The lowest BCUT2D eigenvalue weighted by Crippen LogP contribution is -2.21. The second kappa shape index (κ2) is 29.1. The van der Waals surface area contributed by atoms with Crippen molar-refractivity contribution in [1.82, 2.24) is 0 Å². The Morgan fingerprint density at radius 2 is 0.558 bits per heavy atom. The Morgan fingerprint density at radius 3 is 0.884 bits per heavy atom. The van der Waals surface area contributed by atoms with Crippen molar-refractivity contribution in [3.8, 4) is 0 Å². The number of hydrogen-bond donors (Lipinski definition) is 0. The van der Waals surface area contributed by atoms with Gasteiger partial charge in [0.25, 0.3) is 0 Å². The van der Waals surface area contributed by atoms with Gasteiger partial charge in [-0.15, -0.1) is 0 Å². The van der Waals surface area contributed by atoms with Crippen LogP contribution in [-0.4, -0.2) is 0 Å². The van der Waals surface area contributed by atoms with Crippen molar-refractivity contribution in [2.45, 2.75) is 144 Å². The number of nitrogens with zero attached hydrogens (tertiary/aromatic N) is 2. The molecule has 0 bridgehead atoms. The van der Waals surface area contributed by atoms with Crippen molar-refractivity contribution in [1.29, 1.82) is 0 Å². The predicted octanol–water partition coefficient (Wildman–Crippen LogP) is 24.5. The third-order valence-electron chi connectivity index (χ3n) is 17.9. The second-order valence-electron chi connectivity index (χ2n) is 24.1. The lowest BCUT2D eigenvalue weighted by Gasteiger charge is -2.34. The van der Waals surface area contributed by atoms with E-state index >= 15 is 0 Å². The maximum atomic E-state index is 2.57. The summed E-state index contributed by atoms with van der Waals surface area (Å²) in [5.74, 6) is 1.22. The van der Waals surface area contributed by atoms with Crippen LogP contribution in [0.3, 0.4) is 0 Å². The van der Waals surface area contributed by atoms with Crippen molar-refractivity contribution < 1.29 is 0 Å². The molecule has 0 aliphatic carbocycles. The van der Waals surface area contributed by atoms with E-state index in [1.54, 1.807) is 0 Å². The predicted molar refractivity (Wildman–Crippen MR) is 377 cm³/mol. The van der Waals surface area contributed by atoms with E-state index in [0.29, 0.717) is 18.4 Å². The van der Waals surface area contributed by atoms with Gasteiger partial charge in [0.15, 0.2) is 0 Å². The fourth-order valence-corrected chi connectivity index (χ4v) is 11.9. The van der Waals surface area contributed by atoms with Crippen molar-refractivity contribution in [2.75, 3.05) is 9.80 Å². The van der Waals surface area contributed by atoms with E-state index in [9.17, 15) is 0 Å². The van der Waals surface area contributed by atoms with Gasteiger partial charge in [-0.1, -0.05) is 327 Å². The van der Waals surface area contributed by atoms with Crippen LogP contribution in [0.25, 0.3) is 21.5 Å². The lowest BCUT2D eigenvalue weighted by molar-refractivity contribution is 0.640. The molecule has 0 amide bonds. The molecular formula is C84H94N2. The van der Waals surface area contributed by atoms with Crippen LogP contribution in [0.2, 0.25) is 0 Å². The monoisotopic (exact) mass is 1130 g/mol. The molecule has 0 heterocycles. The first-order valence-corrected chi connectivity index (χ1v) is 31.8. The highest BCUT2D eigenvalue weighted by atomic mass is 15.2.